The second-order valence-corrected chi connectivity index (χ2v) is 10.0. The molecule has 4 aromatic carbocycles. The average Bonchev–Trinajstić information content (AvgIpc) is 2.97. The minimum absolute atomic E-state index is 0.0925. The fraction of sp³-hybridized carbons (Fsp3) is 0.242. The molecule has 204 valence electrons. The summed E-state index contributed by atoms with van der Waals surface area (Å²) >= 11 is 0. The lowest BCUT2D eigenvalue weighted by molar-refractivity contribution is -0.141. The Morgan fingerprint density at radius 2 is 1.55 bits per heavy atom. The Morgan fingerprint density at radius 3 is 2.30 bits per heavy atom. The van der Waals surface area contributed by atoms with E-state index in [4.69, 9.17) is 9.84 Å². The van der Waals surface area contributed by atoms with Crippen molar-refractivity contribution in [3.63, 3.8) is 0 Å². The molecule has 1 aliphatic heterocycles. The highest BCUT2D eigenvalue weighted by Gasteiger charge is 2.37. The second kappa shape index (κ2) is 12.0. The van der Waals surface area contributed by atoms with Gasteiger partial charge in [-0.3, -0.25) is 9.69 Å². The molecule has 2 amide bonds. The minimum atomic E-state index is -0.833. The Kier molecular flexibility index (Phi) is 8.10. The highest BCUT2D eigenvalue weighted by Crippen LogP contribution is 2.38. The smallest absolute Gasteiger partial charge is 0.338 e. The lowest BCUT2D eigenvalue weighted by atomic mass is 9.88. The van der Waals surface area contributed by atoms with Gasteiger partial charge in [0.15, 0.2) is 0 Å². The Balaban J connectivity index is 1.53. The molecule has 1 aliphatic rings. The molecular weight excluding hydrogens is 504 g/mol. The number of carboxylic acids is 1. The molecule has 5 rings (SSSR count). The first kappa shape index (κ1) is 26.9. The van der Waals surface area contributed by atoms with Crippen LogP contribution in [-0.2, 0) is 20.9 Å². The molecule has 1 unspecified atom stereocenters. The number of carbonyl (C=O) groups excluding carboxylic acids is 2. The third-order valence-electron chi connectivity index (χ3n) is 7.41. The molecule has 2 N–H and O–H groups in total. The van der Waals surface area contributed by atoms with Crippen molar-refractivity contribution in [2.24, 2.45) is 0 Å². The quantitative estimate of drug-likeness (QED) is 0.133. The van der Waals surface area contributed by atoms with E-state index in [9.17, 15) is 14.4 Å². The summed E-state index contributed by atoms with van der Waals surface area (Å²) in [7, 11) is 0. The highest BCUT2D eigenvalue weighted by atomic mass is 16.5. The van der Waals surface area contributed by atoms with Crippen LogP contribution in [0.3, 0.4) is 0 Å². The number of amides is 2. The largest absolute Gasteiger partial charge is 0.481 e. The van der Waals surface area contributed by atoms with Crippen LogP contribution in [0.2, 0.25) is 0 Å². The van der Waals surface area contributed by atoms with E-state index in [0.29, 0.717) is 37.1 Å². The second-order valence-electron chi connectivity index (χ2n) is 10.0. The van der Waals surface area contributed by atoms with Crippen molar-refractivity contribution in [3.8, 4) is 0 Å². The Hall–Kier alpha value is -4.65. The molecule has 0 bridgehead atoms. The molecule has 40 heavy (non-hydrogen) atoms. The Bertz CT molecular complexity index is 1590. The first-order valence-corrected chi connectivity index (χ1v) is 13.6. The Morgan fingerprint density at radius 1 is 0.875 bits per heavy atom. The number of hydrogen-bond donors (Lipinski definition) is 2. The number of allylic oxidation sites excluding steroid dienone is 1. The average molecular weight is 537 g/mol. The minimum Gasteiger partial charge on any atom is -0.481 e. The topological polar surface area (TPSA) is 95.9 Å². The van der Waals surface area contributed by atoms with Gasteiger partial charge in [0, 0.05) is 18.7 Å². The molecule has 0 spiro atoms. The number of fused-ring (bicyclic) bond motifs is 3. The van der Waals surface area contributed by atoms with Crippen LogP contribution >= 0.6 is 0 Å². The van der Waals surface area contributed by atoms with E-state index in [-0.39, 0.29) is 19.1 Å². The molecule has 0 aromatic heterocycles. The molecule has 0 saturated carbocycles. The number of benzene rings is 4. The number of carbonyl (C=O) groups is 3. The zero-order valence-corrected chi connectivity index (χ0v) is 22.4. The zero-order chi connectivity index (χ0) is 28.1. The fourth-order valence-corrected chi connectivity index (χ4v) is 5.39. The predicted molar refractivity (Wildman–Crippen MR) is 154 cm³/mol. The number of aliphatic carboxylic acids is 1. The number of urea groups is 1. The van der Waals surface area contributed by atoms with Crippen LogP contribution in [0.1, 0.15) is 49.8 Å². The number of nitrogens with one attached hydrogen (secondary N) is 1. The summed E-state index contributed by atoms with van der Waals surface area (Å²) < 4.78 is 5.80. The lowest BCUT2D eigenvalue weighted by Crippen LogP contribution is -2.48. The number of unbranched alkanes of at least 4 members (excludes halogenated alkanes) is 2. The number of esters is 1. The van der Waals surface area contributed by atoms with E-state index in [1.54, 1.807) is 11.8 Å². The van der Waals surface area contributed by atoms with E-state index in [0.717, 1.165) is 32.7 Å². The summed E-state index contributed by atoms with van der Waals surface area (Å²) in [4.78, 5) is 39.6. The predicted octanol–water partition coefficient (Wildman–Crippen LogP) is 6.72. The van der Waals surface area contributed by atoms with Crippen molar-refractivity contribution in [2.75, 3.05) is 6.54 Å². The normalized spacial score (nSPS) is 15.4. The van der Waals surface area contributed by atoms with Gasteiger partial charge in [0.1, 0.15) is 6.61 Å². The summed E-state index contributed by atoms with van der Waals surface area (Å²) in [5, 5.41) is 16.1. The van der Waals surface area contributed by atoms with Crippen LogP contribution in [0.4, 0.5) is 4.79 Å². The number of nitrogens with zero attached hydrogens (tertiary/aromatic N) is 1. The zero-order valence-electron chi connectivity index (χ0n) is 22.4. The first-order valence-electron chi connectivity index (χ1n) is 13.6. The summed E-state index contributed by atoms with van der Waals surface area (Å²) in [6.07, 6.45) is 1.91. The van der Waals surface area contributed by atoms with Crippen LogP contribution in [0, 0.1) is 0 Å². The summed E-state index contributed by atoms with van der Waals surface area (Å²) in [5.74, 6) is -1.32. The van der Waals surface area contributed by atoms with Crippen molar-refractivity contribution < 1.29 is 24.2 Å². The van der Waals surface area contributed by atoms with Crippen LogP contribution in [0.15, 0.2) is 96.2 Å². The van der Waals surface area contributed by atoms with Gasteiger partial charge in [-0.05, 0) is 58.5 Å². The molecule has 4 aromatic rings. The molecule has 0 radical (unpaired) electrons. The van der Waals surface area contributed by atoms with Gasteiger partial charge in [0.25, 0.3) is 0 Å². The van der Waals surface area contributed by atoms with Crippen LogP contribution < -0.4 is 5.32 Å². The van der Waals surface area contributed by atoms with Gasteiger partial charge in [0.05, 0.1) is 11.6 Å². The van der Waals surface area contributed by atoms with Gasteiger partial charge in [0.2, 0.25) is 0 Å². The van der Waals surface area contributed by atoms with E-state index < -0.39 is 18.0 Å². The van der Waals surface area contributed by atoms with Crippen LogP contribution in [0.25, 0.3) is 21.5 Å². The van der Waals surface area contributed by atoms with Crippen molar-refractivity contribution >= 4 is 39.5 Å². The number of rotatable bonds is 10. The van der Waals surface area contributed by atoms with Crippen molar-refractivity contribution in [2.45, 2.75) is 45.3 Å². The molecule has 7 heteroatoms. The van der Waals surface area contributed by atoms with Crippen molar-refractivity contribution in [1.82, 2.24) is 10.2 Å². The highest BCUT2D eigenvalue weighted by molar-refractivity contribution is 6.10. The summed E-state index contributed by atoms with van der Waals surface area (Å²) in [5.41, 5.74) is 2.63. The molecule has 7 nitrogen and oxygen atoms in total. The SMILES string of the molecule is CC1=C(C(=O)OCc2ccccc2)C(c2cc3ccccc3c3ccccc23)NC(=O)N1CCCCCC(=O)O. The molecule has 0 aliphatic carbocycles. The summed E-state index contributed by atoms with van der Waals surface area (Å²) in [6, 6.07) is 26.6. The molecular formula is C33H32N2O5. The first-order chi connectivity index (χ1) is 19.4. The number of ether oxygens (including phenoxy) is 1. The molecule has 0 saturated heterocycles. The van der Waals surface area contributed by atoms with Gasteiger partial charge in [-0.25, -0.2) is 9.59 Å². The lowest BCUT2D eigenvalue weighted by Gasteiger charge is -2.36. The third-order valence-corrected chi connectivity index (χ3v) is 7.41. The van der Waals surface area contributed by atoms with Gasteiger partial charge >= 0.3 is 18.0 Å². The van der Waals surface area contributed by atoms with Crippen molar-refractivity contribution in [1.29, 1.82) is 0 Å². The van der Waals surface area contributed by atoms with Gasteiger partial charge in [-0.2, -0.15) is 0 Å². The molecule has 0 fully saturated rings. The van der Waals surface area contributed by atoms with Gasteiger partial charge in [-0.1, -0.05) is 85.3 Å². The van der Waals surface area contributed by atoms with E-state index >= 15 is 0 Å². The van der Waals surface area contributed by atoms with E-state index in [1.807, 2.05) is 72.8 Å². The van der Waals surface area contributed by atoms with Gasteiger partial charge in [-0.15, -0.1) is 0 Å². The summed E-state index contributed by atoms with van der Waals surface area (Å²) in [6.45, 7) is 2.27. The Labute approximate surface area is 233 Å². The van der Waals surface area contributed by atoms with Crippen molar-refractivity contribution in [3.05, 3.63) is 107 Å². The number of hydrogen-bond acceptors (Lipinski definition) is 4. The molecule has 1 atom stereocenters. The maximum absolute atomic E-state index is 13.7. The van der Waals surface area contributed by atoms with E-state index in [1.165, 1.54) is 0 Å². The van der Waals surface area contributed by atoms with Crippen LogP contribution in [0.5, 0.6) is 0 Å². The maximum Gasteiger partial charge on any atom is 0.338 e. The van der Waals surface area contributed by atoms with Crippen LogP contribution in [-0.4, -0.2) is 34.5 Å². The number of carboxylic acid groups (broad SMARTS) is 1. The van der Waals surface area contributed by atoms with E-state index in [2.05, 4.69) is 17.4 Å². The standard InChI is InChI=1S/C33H32N2O5/c1-22-30(32(38)40-21-23-12-4-2-5-13-23)31(34-33(39)35(22)19-11-3-6-18-29(36)37)28-20-24-14-7-8-15-25(24)26-16-9-10-17-27(26)28/h2,4-5,7-10,12-17,20,31H,3,6,11,18-19,21H2,1H3,(H,34,39)(H,36,37). The van der Waals surface area contributed by atoms with Gasteiger partial charge < -0.3 is 15.2 Å². The third kappa shape index (κ3) is 5.69. The monoisotopic (exact) mass is 536 g/mol. The molecule has 1 heterocycles. The maximum atomic E-state index is 13.7. The fourth-order valence-electron chi connectivity index (χ4n) is 5.39.